The summed E-state index contributed by atoms with van der Waals surface area (Å²) in [5.74, 6) is 0.711. The Morgan fingerprint density at radius 3 is 2.72 bits per heavy atom. The van der Waals surface area contributed by atoms with Crippen molar-refractivity contribution in [1.82, 2.24) is 10.3 Å². The number of pyridine rings is 1. The highest BCUT2D eigenvalue weighted by Gasteiger charge is 2.23. The molecule has 1 aliphatic carbocycles. The molecule has 0 bridgehead atoms. The van der Waals surface area contributed by atoms with Gasteiger partial charge >= 0.3 is 0 Å². The number of nitrogens with zero attached hydrogens (tertiary/aromatic N) is 1. The van der Waals surface area contributed by atoms with Gasteiger partial charge in [0, 0.05) is 17.8 Å². The lowest BCUT2D eigenvalue weighted by molar-refractivity contribution is -0.123. The fourth-order valence-corrected chi connectivity index (χ4v) is 2.73. The van der Waals surface area contributed by atoms with E-state index in [0.29, 0.717) is 11.8 Å². The molecule has 1 fully saturated rings. The van der Waals surface area contributed by atoms with Gasteiger partial charge in [0.25, 0.3) is 5.91 Å². The largest absolute Gasteiger partial charge is 0.506 e. The number of carbonyl (C=O) groups is 1. The number of rotatable bonds is 5. The topological polar surface area (TPSA) is 71.5 Å². The predicted octanol–water partition coefficient (Wildman–Crippen LogP) is 3.26. The normalized spacial score (nSPS) is 13.6. The summed E-state index contributed by atoms with van der Waals surface area (Å²) in [7, 11) is 0. The first-order valence-corrected chi connectivity index (χ1v) is 8.28. The summed E-state index contributed by atoms with van der Waals surface area (Å²) >= 11 is 0. The second-order valence-corrected chi connectivity index (χ2v) is 6.29. The van der Waals surface area contributed by atoms with Gasteiger partial charge in [-0.2, -0.15) is 0 Å². The van der Waals surface area contributed by atoms with Crippen molar-refractivity contribution in [3.05, 3.63) is 54.9 Å². The minimum absolute atomic E-state index is 0.0260. The average Bonchev–Trinajstić information content (AvgIpc) is 3.43. The second-order valence-electron chi connectivity index (χ2n) is 6.29. The minimum atomic E-state index is -0.0813. The molecule has 126 valence electrons. The van der Waals surface area contributed by atoms with Crippen molar-refractivity contribution in [2.24, 2.45) is 0 Å². The zero-order valence-corrected chi connectivity index (χ0v) is 13.6. The van der Waals surface area contributed by atoms with E-state index in [4.69, 9.17) is 4.74 Å². The van der Waals surface area contributed by atoms with E-state index < -0.39 is 0 Å². The minimum Gasteiger partial charge on any atom is -0.506 e. The maximum Gasteiger partial charge on any atom is 0.258 e. The standard InChI is InChI=1S/C20H18N2O3/c23-18-8-16(10-21-11-18)14-2-1-13-3-6-19(9-15(13)7-14)25-12-20(24)22-17-4-5-17/h1-3,6-11,17,23H,4-5,12H2,(H,22,24). The number of nitrogens with one attached hydrogen (secondary N) is 1. The Balaban J connectivity index is 1.55. The van der Waals surface area contributed by atoms with Crippen LogP contribution >= 0.6 is 0 Å². The quantitative estimate of drug-likeness (QED) is 0.751. The van der Waals surface area contributed by atoms with Crippen LogP contribution in [-0.2, 0) is 4.79 Å². The van der Waals surface area contributed by atoms with Crippen LogP contribution in [0.15, 0.2) is 54.9 Å². The molecule has 5 heteroatoms. The Morgan fingerprint density at radius 1 is 1.08 bits per heavy atom. The number of hydrogen-bond donors (Lipinski definition) is 2. The SMILES string of the molecule is O=C(COc1ccc2ccc(-c3cncc(O)c3)cc2c1)NC1CC1. The lowest BCUT2D eigenvalue weighted by Crippen LogP contribution is -2.30. The molecule has 1 saturated carbocycles. The molecule has 0 radical (unpaired) electrons. The smallest absolute Gasteiger partial charge is 0.258 e. The molecule has 0 unspecified atom stereocenters. The number of aromatic nitrogens is 1. The predicted molar refractivity (Wildman–Crippen MR) is 95.5 cm³/mol. The summed E-state index contributed by atoms with van der Waals surface area (Å²) in [6.45, 7) is 0.0260. The van der Waals surface area contributed by atoms with E-state index in [2.05, 4.69) is 10.3 Å². The highest BCUT2D eigenvalue weighted by molar-refractivity contribution is 5.88. The molecular formula is C20H18N2O3. The Bertz CT molecular complexity index is 935. The number of hydrogen-bond acceptors (Lipinski definition) is 4. The summed E-state index contributed by atoms with van der Waals surface area (Å²) in [4.78, 5) is 15.8. The average molecular weight is 334 g/mol. The van der Waals surface area contributed by atoms with Crippen molar-refractivity contribution in [2.45, 2.75) is 18.9 Å². The van der Waals surface area contributed by atoms with Gasteiger partial charge in [-0.25, -0.2) is 0 Å². The van der Waals surface area contributed by atoms with Gasteiger partial charge in [0.15, 0.2) is 6.61 Å². The molecule has 0 spiro atoms. The number of carbonyl (C=O) groups excluding carboxylic acids is 1. The van der Waals surface area contributed by atoms with Crippen molar-refractivity contribution in [2.75, 3.05) is 6.61 Å². The van der Waals surface area contributed by atoms with Gasteiger partial charge in [-0.15, -0.1) is 0 Å². The molecule has 1 aromatic heterocycles. The Kier molecular flexibility index (Phi) is 3.98. The Hall–Kier alpha value is -3.08. The van der Waals surface area contributed by atoms with Crippen LogP contribution in [0.2, 0.25) is 0 Å². The van der Waals surface area contributed by atoms with Crippen LogP contribution in [0, 0.1) is 0 Å². The van der Waals surface area contributed by atoms with E-state index in [1.54, 1.807) is 12.3 Å². The van der Waals surface area contributed by atoms with Crippen LogP contribution < -0.4 is 10.1 Å². The van der Waals surface area contributed by atoms with Gasteiger partial charge in [0.1, 0.15) is 11.5 Å². The number of fused-ring (bicyclic) bond motifs is 1. The third-order valence-corrected chi connectivity index (χ3v) is 4.18. The third kappa shape index (κ3) is 3.71. The molecule has 25 heavy (non-hydrogen) atoms. The first kappa shape index (κ1) is 15.4. The molecular weight excluding hydrogens is 316 g/mol. The monoisotopic (exact) mass is 334 g/mol. The van der Waals surface area contributed by atoms with Crippen molar-refractivity contribution >= 4 is 16.7 Å². The van der Waals surface area contributed by atoms with Crippen LogP contribution in [0.25, 0.3) is 21.9 Å². The molecule has 0 atom stereocenters. The number of amides is 1. The van der Waals surface area contributed by atoms with Crippen molar-refractivity contribution in [3.8, 4) is 22.6 Å². The van der Waals surface area contributed by atoms with Crippen LogP contribution in [0.5, 0.6) is 11.5 Å². The summed E-state index contributed by atoms with van der Waals surface area (Å²) in [5.41, 5.74) is 1.80. The van der Waals surface area contributed by atoms with Crippen LogP contribution in [0.3, 0.4) is 0 Å². The zero-order chi connectivity index (χ0) is 17.2. The molecule has 4 rings (SSSR count). The van der Waals surface area contributed by atoms with Gasteiger partial charge in [-0.3, -0.25) is 9.78 Å². The lowest BCUT2D eigenvalue weighted by Gasteiger charge is -2.09. The maximum absolute atomic E-state index is 11.7. The van der Waals surface area contributed by atoms with E-state index >= 15 is 0 Å². The van der Waals surface area contributed by atoms with E-state index in [0.717, 1.165) is 34.7 Å². The van der Waals surface area contributed by atoms with Crippen molar-refractivity contribution in [1.29, 1.82) is 0 Å². The molecule has 2 aromatic carbocycles. The summed E-state index contributed by atoms with van der Waals surface area (Å²) in [5, 5.41) is 14.6. The van der Waals surface area contributed by atoms with Crippen LogP contribution in [-0.4, -0.2) is 28.6 Å². The Morgan fingerprint density at radius 2 is 1.92 bits per heavy atom. The third-order valence-electron chi connectivity index (χ3n) is 4.18. The van der Waals surface area contributed by atoms with Crippen molar-refractivity contribution < 1.29 is 14.6 Å². The Labute approximate surface area is 145 Å². The summed E-state index contributed by atoms with van der Waals surface area (Å²) in [6.07, 6.45) is 5.25. The van der Waals surface area contributed by atoms with Crippen LogP contribution in [0.4, 0.5) is 0 Å². The van der Waals surface area contributed by atoms with Gasteiger partial charge in [0.05, 0.1) is 6.20 Å². The van der Waals surface area contributed by atoms with E-state index in [9.17, 15) is 9.90 Å². The molecule has 1 amide bonds. The number of benzene rings is 2. The van der Waals surface area contributed by atoms with Gasteiger partial charge < -0.3 is 15.2 Å². The molecule has 1 heterocycles. The number of aromatic hydroxyl groups is 1. The molecule has 0 aliphatic heterocycles. The fourth-order valence-electron chi connectivity index (χ4n) is 2.73. The molecule has 0 saturated heterocycles. The number of ether oxygens (including phenoxy) is 1. The highest BCUT2D eigenvalue weighted by Crippen LogP contribution is 2.28. The summed E-state index contributed by atoms with van der Waals surface area (Å²) in [6, 6.07) is 13.8. The second kappa shape index (κ2) is 6.43. The van der Waals surface area contributed by atoms with E-state index in [-0.39, 0.29) is 18.3 Å². The molecule has 3 aromatic rings. The van der Waals surface area contributed by atoms with Crippen LogP contribution in [0.1, 0.15) is 12.8 Å². The molecule has 2 N–H and O–H groups in total. The molecule has 1 aliphatic rings. The van der Waals surface area contributed by atoms with Gasteiger partial charge in [0.2, 0.25) is 0 Å². The highest BCUT2D eigenvalue weighted by atomic mass is 16.5. The molecule has 5 nitrogen and oxygen atoms in total. The van der Waals surface area contributed by atoms with E-state index in [1.807, 2.05) is 36.4 Å². The summed E-state index contributed by atoms with van der Waals surface area (Å²) < 4.78 is 5.60. The van der Waals surface area contributed by atoms with Gasteiger partial charge in [-0.05, 0) is 53.4 Å². The van der Waals surface area contributed by atoms with Gasteiger partial charge in [-0.1, -0.05) is 18.2 Å². The van der Waals surface area contributed by atoms with E-state index in [1.165, 1.54) is 6.20 Å². The maximum atomic E-state index is 11.7. The zero-order valence-electron chi connectivity index (χ0n) is 13.6. The van der Waals surface area contributed by atoms with Crippen molar-refractivity contribution in [3.63, 3.8) is 0 Å². The lowest BCUT2D eigenvalue weighted by atomic mass is 10.0. The first-order valence-electron chi connectivity index (χ1n) is 8.28. The fraction of sp³-hybridized carbons (Fsp3) is 0.200. The first-order chi connectivity index (χ1) is 12.2.